The van der Waals surface area contributed by atoms with E-state index in [4.69, 9.17) is 0 Å². The van der Waals surface area contributed by atoms with E-state index in [9.17, 15) is 13.2 Å². The summed E-state index contributed by atoms with van der Waals surface area (Å²) in [6.07, 6.45) is 0. The molecule has 0 spiro atoms. The summed E-state index contributed by atoms with van der Waals surface area (Å²) in [5, 5.41) is 0. The first-order valence-electron chi connectivity index (χ1n) is 4.50. The van der Waals surface area contributed by atoms with Crippen molar-refractivity contribution < 1.29 is 13.2 Å². The van der Waals surface area contributed by atoms with Crippen molar-refractivity contribution in [1.29, 1.82) is 0 Å². The lowest BCUT2D eigenvalue weighted by Gasteiger charge is -2.38. The fourth-order valence-corrected chi connectivity index (χ4v) is 1.94. The van der Waals surface area contributed by atoms with Gasteiger partial charge in [-0.25, -0.2) is 13.2 Å². The zero-order chi connectivity index (χ0) is 11.1. The smallest absolute Gasteiger partial charge is 0.272 e. The van der Waals surface area contributed by atoms with Crippen molar-refractivity contribution in [2.45, 2.75) is 12.5 Å². The number of hydrogen-bond acceptors (Lipinski definition) is 1. The predicted molar refractivity (Wildman–Crippen MR) is 54.3 cm³/mol. The maximum absolute atomic E-state index is 13.3. The van der Waals surface area contributed by atoms with Gasteiger partial charge in [-0.2, -0.15) is 0 Å². The maximum atomic E-state index is 13.3. The number of benzene rings is 1. The molecule has 1 aromatic rings. The van der Waals surface area contributed by atoms with E-state index in [2.05, 4.69) is 15.9 Å². The number of halogens is 4. The topological polar surface area (TPSA) is 3.24 Å². The minimum Gasteiger partial charge on any atom is -0.287 e. The van der Waals surface area contributed by atoms with Crippen molar-refractivity contribution in [3.63, 3.8) is 0 Å². The van der Waals surface area contributed by atoms with Crippen molar-refractivity contribution in [1.82, 2.24) is 4.90 Å². The SMILES string of the molecule is Fc1cc(Br)ccc1CN1CC(F)(F)C1. The largest absolute Gasteiger partial charge is 0.287 e. The molecule has 1 fully saturated rings. The molecule has 0 N–H and O–H groups in total. The standard InChI is InChI=1S/C10H9BrF3N/c11-8-2-1-7(9(12)3-8)4-15-5-10(13,14)6-15/h1-3H,4-6H2. The monoisotopic (exact) mass is 279 g/mol. The molecule has 0 aromatic heterocycles. The van der Waals surface area contributed by atoms with Gasteiger partial charge >= 0.3 is 0 Å². The Bertz CT molecular complexity index is 373. The van der Waals surface area contributed by atoms with Crippen LogP contribution in [-0.2, 0) is 6.54 Å². The Kier molecular flexibility index (Phi) is 2.77. The number of nitrogens with zero attached hydrogens (tertiary/aromatic N) is 1. The highest BCUT2D eigenvalue weighted by atomic mass is 79.9. The van der Waals surface area contributed by atoms with Crippen LogP contribution in [-0.4, -0.2) is 23.9 Å². The van der Waals surface area contributed by atoms with Gasteiger partial charge in [-0.15, -0.1) is 0 Å². The molecule has 1 aliphatic rings. The summed E-state index contributed by atoms with van der Waals surface area (Å²) in [5.41, 5.74) is 0.453. The Morgan fingerprint density at radius 3 is 2.53 bits per heavy atom. The van der Waals surface area contributed by atoms with E-state index in [1.54, 1.807) is 12.1 Å². The van der Waals surface area contributed by atoms with E-state index in [1.165, 1.54) is 11.0 Å². The summed E-state index contributed by atoms with van der Waals surface area (Å²) in [6.45, 7) is -0.306. The fourth-order valence-electron chi connectivity index (χ4n) is 1.61. The van der Waals surface area contributed by atoms with Gasteiger partial charge in [0.25, 0.3) is 5.92 Å². The maximum Gasteiger partial charge on any atom is 0.272 e. The van der Waals surface area contributed by atoms with E-state index in [-0.39, 0.29) is 25.5 Å². The van der Waals surface area contributed by atoms with Gasteiger partial charge in [0.15, 0.2) is 0 Å². The molecule has 0 unspecified atom stereocenters. The third-order valence-electron chi connectivity index (χ3n) is 2.32. The van der Waals surface area contributed by atoms with Crippen LogP contribution >= 0.6 is 15.9 Å². The number of hydrogen-bond donors (Lipinski definition) is 0. The lowest BCUT2D eigenvalue weighted by Crippen LogP contribution is -2.55. The van der Waals surface area contributed by atoms with Crippen molar-refractivity contribution >= 4 is 15.9 Å². The third kappa shape index (κ3) is 2.52. The van der Waals surface area contributed by atoms with Crippen LogP contribution in [0.4, 0.5) is 13.2 Å². The molecule has 0 aliphatic carbocycles. The zero-order valence-electron chi connectivity index (χ0n) is 7.81. The Balaban J connectivity index is 2.00. The number of rotatable bonds is 2. The fraction of sp³-hybridized carbons (Fsp3) is 0.400. The second kappa shape index (κ2) is 3.79. The molecule has 1 aromatic carbocycles. The predicted octanol–water partition coefficient (Wildman–Crippen LogP) is 3.04. The van der Waals surface area contributed by atoms with Gasteiger partial charge in [-0.05, 0) is 12.1 Å². The van der Waals surface area contributed by atoms with E-state index >= 15 is 0 Å². The molecule has 0 amide bonds. The van der Waals surface area contributed by atoms with Gasteiger partial charge in [-0.1, -0.05) is 22.0 Å². The Labute approximate surface area is 94.0 Å². The van der Waals surface area contributed by atoms with Gasteiger partial charge < -0.3 is 0 Å². The lowest BCUT2D eigenvalue weighted by molar-refractivity contribution is -0.134. The molecule has 1 heterocycles. The molecular formula is C10H9BrF3N. The van der Waals surface area contributed by atoms with E-state index in [0.717, 1.165) is 0 Å². The molecule has 2 rings (SSSR count). The van der Waals surface area contributed by atoms with Crippen LogP contribution < -0.4 is 0 Å². The highest BCUT2D eigenvalue weighted by Crippen LogP contribution is 2.28. The van der Waals surface area contributed by atoms with Crippen LogP contribution in [0.5, 0.6) is 0 Å². The minimum atomic E-state index is -2.59. The first kappa shape index (κ1) is 11.0. The Hall–Kier alpha value is -0.550. The van der Waals surface area contributed by atoms with Gasteiger partial charge in [0.05, 0.1) is 13.1 Å². The molecule has 1 aliphatic heterocycles. The minimum absolute atomic E-state index is 0.245. The molecule has 0 saturated carbocycles. The lowest BCUT2D eigenvalue weighted by atomic mass is 10.1. The number of alkyl halides is 2. The average Bonchev–Trinajstić information content (AvgIpc) is 2.06. The van der Waals surface area contributed by atoms with E-state index in [1.807, 2.05) is 0 Å². The van der Waals surface area contributed by atoms with Gasteiger partial charge in [0.2, 0.25) is 0 Å². The highest BCUT2D eigenvalue weighted by molar-refractivity contribution is 9.10. The average molecular weight is 280 g/mol. The van der Waals surface area contributed by atoms with Gasteiger partial charge in [0, 0.05) is 16.6 Å². The van der Waals surface area contributed by atoms with Crippen LogP contribution in [0.15, 0.2) is 22.7 Å². The summed E-state index contributed by atoms with van der Waals surface area (Å²) < 4.78 is 39.0. The van der Waals surface area contributed by atoms with Crippen molar-refractivity contribution in [3.8, 4) is 0 Å². The Morgan fingerprint density at radius 1 is 1.33 bits per heavy atom. The molecule has 5 heteroatoms. The van der Waals surface area contributed by atoms with Crippen molar-refractivity contribution in [3.05, 3.63) is 34.1 Å². The second-order valence-electron chi connectivity index (χ2n) is 3.74. The second-order valence-corrected chi connectivity index (χ2v) is 4.65. The molecule has 0 atom stereocenters. The molecule has 82 valence electrons. The molecule has 1 nitrogen and oxygen atoms in total. The summed E-state index contributed by atoms with van der Waals surface area (Å²) >= 11 is 3.14. The highest BCUT2D eigenvalue weighted by Gasteiger charge is 2.43. The van der Waals surface area contributed by atoms with Crippen molar-refractivity contribution in [2.24, 2.45) is 0 Å². The van der Waals surface area contributed by atoms with Crippen LogP contribution in [0.1, 0.15) is 5.56 Å². The van der Waals surface area contributed by atoms with Crippen LogP contribution in [0.25, 0.3) is 0 Å². The molecule has 15 heavy (non-hydrogen) atoms. The molecular weight excluding hydrogens is 271 g/mol. The first-order valence-corrected chi connectivity index (χ1v) is 5.30. The molecule has 0 bridgehead atoms. The van der Waals surface area contributed by atoms with Crippen LogP contribution in [0, 0.1) is 5.82 Å². The summed E-state index contributed by atoms with van der Waals surface area (Å²) in [6, 6.07) is 4.65. The quantitative estimate of drug-likeness (QED) is 0.804. The Morgan fingerprint density at radius 2 is 2.00 bits per heavy atom. The molecule has 0 radical (unpaired) electrons. The number of likely N-dealkylation sites (tertiary alicyclic amines) is 1. The van der Waals surface area contributed by atoms with Crippen LogP contribution in [0.3, 0.4) is 0 Å². The summed E-state index contributed by atoms with van der Waals surface area (Å²) in [5.74, 6) is -2.95. The van der Waals surface area contributed by atoms with Gasteiger partial charge in [-0.3, -0.25) is 4.90 Å². The third-order valence-corrected chi connectivity index (χ3v) is 2.81. The van der Waals surface area contributed by atoms with E-state index in [0.29, 0.717) is 10.0 Å². The molecule has 1 saturated heterocycles. The van der Waals surface area contributed by atoms with Crippen LogP contribution in [0.2, 0.25) is 0 Å². The first-order chi connectivity index (χ1) is 6.96. The summed E-state index contributed by atoms with van der Waals surface area (Å²) in [7, 11) is 0. The zero-order valence-corrected chi connectivity index (χ0v) is 9.40. The van der Waals surface area contributed by atoms with Crippen molar-refractivity contribution in [2.75, 3.05) is 13.1 Å². The summed E-state index contributed by atoms with van der Waals surface area (Å²) in [4.78, 5) is 1.52. The van der Waals surface area contributed by atoms with Gasteiger partial charge in [0.1, 0.15) is 5.82 Å². The van der Waals surface area contributed by atoms with E-state index < -0.39 is 5.92 Å². The normalized spacial score (nSPS) is 20.0.